The normalized spacial score (nSPS) is 22.9. The van der Waals surface area contributed by atoms with Crippen LogP contribution in [-0.2, 0) is 0 Å². The summed E-state index contributed by atoms with van der Waals surface area (Å²) in [7, 11) is 0. The molecule has 0 spiro atoms. The van der Waals surface area contributed by atoms with Gasteiger partial charge >= 0.3 is 0 Å². The molecule has 0 unspecified atom stereocenters. The number of hydrogen-bond acceptors (Lipinski definition) is 3. The van der Waals surface area contributed by atoms with E-state index >= 15 is 0 Å². The molecule has 0 aliphatic carbocycles. The lowest BCUT2D eigenvalue weighted by atomic mass is 9.94. The minimum atomic E-state index is 0. The van der Waals surface area contributed by atoms with Crippen molar-refractivity contribution < 1.29 is 0 Å². The van der Waals surface area contributed by atoms with E-state index in [0.717, 1.165) is 12.0 Å². The third kappa shape index (κ3) is 6.63. The van der Waals surface area contributed by atoms with Gasteiger partial charge in [0.1, 0.15) is 0 Å². The largest absolute Gasteiger partial charge is 0.317 e. The molecule has 0 amide bonds. The summed E-state index contributed by atoms with van der Waals surface area (Å²) < 4.78 is 0. The third-order valence-corrected chi connectivity index (χ3v) is 4.45. The Hall–Kier alpha value is 0.460. The maximum atomic E-state index is 3.45. The second kappa shape index (κ2) is 10.2. The molecule has 0 atom stereocenters. The first-order valence-electron chi connectivity index (χ1n) is 7.43. The molecule has 0 aromatic carbocycles. The van der Waals surface area contributed by atoms with Gasteiger partial charge in [-0.1, -0.05) is 0 Å². The molecule has 2 heterocycles. The molecule has 2 aliphatic heterocycles. The van der Waals surface area contributed by atoms with Crippen molar-refractivity contribution in [1.29, 1.82) is 0 Å². The van der Waals surface area contributed by atoms with Crippen molar-refractivity contribution in [3.8, 4) is 0 Å². The van der Waals surface area contributed by atoms with E-state index in [1.165, 1.54) is 65.1 Å². The highest BCUT2D eigenvalue weighted by Gasteiger charge is 2.20. The number of rotatable bonds is 4. The molecule has 0 bridgehead atoms. The van der Waals surface area contributed by atoms with Crippen LogP contribution in [0.1, 0.15) is 33.1 Å². The summed E-state index contributed by atoms with van der Waals surface area (Å²) in [6.07, 6.45) is 4.21. The lowest BCUT2D eigenvalue weighted by molar-refractivity contribution is 0.102. The van der Waals surface area contributed by atoms with Gasteiger partial charge in [0.25, 0.3) is 0 Å². The van der Waals surface area contributed by atoms with Crippen LogP contribution in [0.2, 0.25) is 0 Å². The number of nitrogens with zero attached hydrogens (tertiary/aromatic N) is 2. The molecule has 116 valence electrons. The SMILES string of the molecule is CC(C)N1CCN(CCC2CCNCC2)CC1.Cl.Cl. The van der Waals surface area contributed by atoms with Crippen molar-refractivity contribution >= 4 is 24.8 Å². The Morgan fingerprint density at radius 1 is 1.00 bits per heavy atom. The van der Waals surface area contributed by atoms with Crippen molar-refractivity contribution in [2.75, 3.05) is 45.8 Å². The highest BCUT2D eigenvalue weighted by atomic mass is 35.5. The van der Waals surface area contributed by atoms with Gasteiger partial charge in [-0.05, 0) is 58.7 Å². The summed E-state index contributed by atoms with van der Waals surface area (Å²) in [5.41, 5.74) is 0. The molecular weight excluding hydrogens is 281 g/mol. The molecule has 5 heteroatoms. The van der Waals surface area contributed by atoms with Crippen LogP contribution in [0.15, 0.2) is 0 Å². The van der Waals surface area contributed by atoms with Gasteiger partial charge < -0.3 is 10.2 Å². The summed E-state index contributed by atoms with van der Waals surface area (Å²) >= 11 is 0. The van der Waals surface area contributed by atoms with Gasteiger partial charge in [-0.3, -0.25) is 4.90 Å². The standard InChI is InChI=1S/C14H29N3.2ClH/c1-13(2)17-11-9-16(10-12-17)8-5-14-3-6-15-7-4-14;;/h13-15H,3-12H2,1-2H3;2*1H. The summed E-state index contributed by atoms with van der Waals surface area (Å²) in [5, 5.41) is 3.45. The molecule has 1 N–H and O–H groups in total. The van der Waals surface area contributed by atoms with Crippen LogP contribution in [-0.4, -0.2) is 61.7 Å². The summed E-state index contributed by atoms with van der Waals surface area (Å²) in [5.74, 6) is 0.986. The zero-order chi connectivity index (χ0) is 12.1. The van der Waals surface area contributed by atoms with Gasteiger partial charge in [-0.2, -0.15) is 0 Å². The highest BCUT2D eigenvalue weighted by molar-refractivity contribution is 5.85. The Labute approximate surface area is 131 Å². The molecule has 2 rings (SSSR count). The predicted molar refractivity (Wildman–Crippen MR) is 87.9 cm³/mol. The van der Waals surface area contributed by atoms with Gasteiger partial charge in [-0.15, -0.1) is 24.8 Å². The van der Waals surface area contributed by atoms with E-state index in [0.29, 0.717) is 0 Å². The Morgan fingerprint density at radius 3 is 2.11 bits per heavy atom. The van der Waals surface area contributed by atoms with E-state index in [1.807, 2.05) is 0 Å². The smallest absolute Gasteiger partial charge is 0.0113 e. The van der Waals surface area contributed by atoms with Crippen LogP contribution in [0.5, 0.6) is 0 Å². The van der Waals surface area contributed by atoms with Crippen molar-refractivity contribution in [2.45, 2.75) is 39.2 Å². The van der Waals surface area contributed by atoms with Crippen molar-refractivity contribution in [1.82, 2.24) is 15.1 Å². The van der Waals surface area contributed by atoms with Crippen LogP contribution in [0, 0.1) is 5.92 Å². The zero-order valence-corrected chi connectivity index (χ0v) is 14.1. The fourth-order valence-electron chi connectivity index (χ4n) is 3.04. The van der Waals surface area contributed by atoms with E-state index in [1.54, 1.807) is 0 Å². The third-order valence-electron chi connectivity index (χ3n) is 4.45. The molecule has 19 heavy (non-hydrogen) atoms. The lowest BCUT2D eigenvalue weighted by Crippen LogP contribution is -2.49. The molecule has 2 saturated heterocycles. The number of nitrogens with one attached hydrogen (secondary N) is 1. The molecule has 3 nitrogen and oxygen atoms in total. The number of halogens is 2. The molecule has 0 radical (unpaired) electrons. The van der Waals surface area contributed by atoms with Crippen LogP contribution >= 0.6 is 24.8 Å². The Bertz CT molecular complexity index is 213. The van der Waals surface area contributed by atoms with E-state index in [-0.39, 0.29) is 24.8 Å². The first-order valence-corrected chi connectivity index (χ1v) is 7.43. The summed E-state index contributed by atoms with van der Waals surface area (Å²) in [4.78, 5) is 5.27. The minimum Gasteiger partial charge on any atom is -0.317 e. The van der Waals surface area contributed by atoms with E-state index in [9.17, 15) is 0 Å². The molecule has 2 fully saturated rings. The zero-order valence-electron chi connectivity index (χ0n) is 12.4. The first-order chi connectivity index (χ1) is 8.25. The summed E-state index contributed by atoms with van der Waals surface area (Å²) in [6.45, 7) is 13.5. The monoisotopic (exact) mass is 311 g/mol. The minimum absolute atomic E-state index is 0. The fraction of sp³-hybridized carbons (Fsp3) is 1.00. The number of piperidine rings is 1. The van der Waals surface area contributed by atoms with Gasteiger partial charge in [0.2, 0.25) is 0 Å². The number of piperazine rings is 1. The van der Waals surface area contributed by atoms with E-state index in [4.69, 9.17) is 0 Å². The number of hydrogen-bond donors (Lipinski definition) is 1. The van der Waals surface area contributed by atoms with Crippen LogP contribution in [0.4, 0.5) is 0 Å². The quantitative estimate of drug-likeness (QED) is 0.859. The fourth-order valence-corrected chi connectivity index (χ4v) is 3.04. The van der Waals surface area contributed by atoms with Crippen molar-refractivity contribution in [3.63, 3.8) is 0 Å². The second-order valence-corrected chi connectivity index (χ2v) is 5.95. The Balaban J connectivity index is 0.00000162. The summed E-state index contributed by atoms with van der Waals surface area (Å²) in [6, 6.07) is 0.724. The maximum absolute atomic E-state index is 3.45. The van der Waals surface area contributed by atoms with Crippen molar-refractivity contribution in [2.24, 2.45) is 5.92 Å². The molecule has 0 aromatic heterocycles. The van der Waals surface area contributed by atoms with Gasteiger partial charge in [0.15, 0.2) is 0 Å². The highest BCUT2D eigenvalue weighted by Crippen LogP contribution is 2.17. The van der Waals surface area contributed by atoms with E-state index in [2.05, 4.69) is 29.0 Å². The van der Waals surface area contributed by atoms with E-state index < -0.39 is 0 Å². The second-order valence-electron chi connectivity index (χ2n) is 5.95. The van der Waals surface area contributed by atoms with Gasteiger partial charge in [0, 0.05) is 32.2 Å². The lowest BCUT2D eigenvalue weighted by Gasteiger charge is -2.37. The van der Waals surface area contributed by atoms with Gasteiger partial charge in [-0.25, -0.2) is 0 Å². The topological polar surface area (TPSA) is 18.5 Å². The molecule has 0 aromatic rings. The average Bonchev–Trinajstić information content (AvgIpc) is 2.38. The van der Waals surface area contributed by atoms with Crippen LogP contribution < -0.4 is 5.32 Å². The van der Waals surface area contributed by atoms with Gasteiger partial charge in [0.05, 0.1) is 0 Å². The molecular formula is C14H31Cl2N3. The van der Waals surface area contributed by atoms with Crippen LogP contribution in [0.3, 0.4) is 0 Å². The Kier molecular flexibility index (Phi) is 10.5. The van der Waals surface area contributed by atoms with Crippen molar-refractivity contribution in [3.05, 3.63) is 0 Å². The molecule has 2 aliphatic rings. The molecule has 0 saturated carbocycles. The predicted octanol–water partition coefficient (Wildman–Crippen LogP) is 2.25. The van der Waals surface area contributed by atoms with Crippen LogP contribution in [0.25, 0.3) is 0 Å². The Morgan fingerprint density at radius 2 is 1.58 bits per heavy atom. The first kappa shape index (κ1) is 19.5. The maximum Gasteiger partial charge on any atom is 0.0113 e. The average molecular weight is 312 g/mol.